The highest BCUT2D eigenvalue weighted by Gasteiger charge is 2.23. The molecule has 21 heavy (non-hydrogen) atoms. The van der Waals surface area contributed by atoms with Crippen molar-refractivity contribution in [2.24, 2.45) is 23.9 Å². The van der Waals surface area contributed by atoms with Crippen LogP contribution in [-0.2, 0) is 13.6 Å². The molecule has 0 spiro atoms. The lowest BCUT2D eigenvalue weighted by atomic mass is 9.80. The Morgan fingerprint density at radius 2 is 2.10 bits per heavy atom. The van der Waals surface area contributed by atoms with Crippen LogP contribution in [0.25, 0.3) is 0 Å². The van der Waals surface area contributed by atoms with Gasteiger partial charge in [0.2, 0.25) is 0 Å². The van der Waals surface area contributed by atoms with Gasteiger partial charge in [0, 0.05) is 20.1 Å². The smallest absolute Gasteiger partial charge is 0.191 e. The molecule has 0 radical (unpaired) electrons. The number of hydrogen-bond donors (Lipinski definition) is 2. The van der Waals surface area contributed by atoms with Crippen molar-refractivity contribution in [2.75, 3.05) is 7.05 Å². The molecular weight excluding hydrogens is 264 g/mol. The summed E-state index contributed by atoms with van der Waals surface area (Å²) in [5.41, 5.74) is 0. The second-order valence-corrected chi connectivity index (χ2v) is 6.28. The van der Waals surface area contributed by atoms with E-state index in [1.165, 1.54) is 25.7 Å². The summed E-state index contributed by atoms with van der Waals surface area (Å²) in [6.07, 6.45) is 6.80. The van der Waals surface area contributed by atoms with Crippen LogP contribution in [0.4, 0.5) is 0 Å². The molecule has 1 fully saturated rings. The van der Waals surface area contributed by atoms with Gasteiger partial charge in [-0.25, -0.2) is 0 Å². The molecule has 0 amide bonds. The van der Waals surface area contributed by atoms with Crippen LogP contribution in [0.3, 0.4) is 0 Å². The third-order valence-corrected chi connectivity index (χ3v) is 4.50. The molecule has 1 aromatic heterocycles. The lowest BCUT2D eigenvalue weighted by Crippen LogP contribution is -2.45. The molecule has 2 rings (SSSR count). The molecule has 1 heterocycles. The van der Waals surface area contributed by atoms with Crippen molar-refractivity contribution in [2.45, 2.75) is 52.1 Å². The van der Waals surface area contributed by atoms with Crippen molar-refractivity contribution in [1.82, 2.24) is 25.4 Å². The Labute approximate surface area is 127 Å². The number of rotatable bonds is 4. The fraction of sp³-hybridized carbons (Fsp3) is 0.800. The first-order chi connectivity index (χ1) is 10.1. The maximum atomic E-state index is 4.30. The second kappa shape index (κ2) is 7.43. The van der Waals surface area contributed by atoms with Crippen LogP contribution in [0.1, 0.15) is 45.4 Å². The Bertz CT molecular complexity index is 456. The largest absolute Gasteiger partial charge is 0.354 e. The van der Waals surface area contributed by atoms with Crippen molar-refractivity contribution in [3.8, 4) is 0 Å². The number of nitrogens with one attached hydrogen (secondary N) is 2. The number of aryl methyl sites for hydroxylation is 1. The molecular formula is C15H28N6. The Hall–Kier alpha value is -1.59. The van der Waals surface area contributed by atoms with Gasteiger partial charge in [0.25, 0.3) is 0 Å². The van der Waals surface area contributed by atoms with Crippen LogP contribution in [0, 0.1) is 11.8 Å². The predicted molar refractivity (Wildman–Crippen MR) is 84.9 cm³/mol. The minimum Gasteiger partial charge on any atom is -0.354 e. The zero-order valence-electron chi connectivity index (χ0n) is 13.6. The average molecular weight is 292 g/mol. The number of aromatic nitrogens is 3. The summed E-state index contributed by atoms with van der Waals surface area (Å²) < 4.78 is 1.91. The van der Waals surface area contributed by atoms with E-state index in [0.29, 0.717) is 12.6 Å². The Balaban J connectivity index is 1.77. The summed E-state index contributed by atoms with van der Waals surface area (Å²) >= 11 is 0. The molecule has 0 saturated heterocycles. The maximum absolute atomic E-state index is 4.30. The second-order valence-electron chi connectivity index (χ2n) is 6.28. The zero-order valence-corrected chi connectivity index (χ0v) is 13.6. The molecule has 2 N–H and O–H groups in total. The van der Waals surface area contributed by atoms with Gasteiger partial charge in [-0.15, -0.1) is 10.2 Å². The molecule has 1 aromatic rings. The molecule has 0 bridgehead atoms. The molecule has 1 aliphatic rings. The molecule has 0 aliphatic heterocycles. The van der Waals surface area contributed by atoms with E-state index in [1.807, 2.05) is 18.7 Å². The van der Waals surface area contributed by atoms with Gasteiger partial charge in [-0.1, -0.05) is 13.8 Å². The Morgan fingerprint density at radius 1 is 1.38 bits per heavy atom. The normalized spacial score (nSPS) is 23.4. The van der Waals surface area contributed by atoms with Gasteiger partial charge >= 0.3 is 0 Å². The van der Waals surface area contributed by atoms with Crippen molar-refractivity contribution in [3.63, 3.8) is 0 Å². The highest BCUT2D eigenvalue weighted by Crippen LogP contribution is 2.29. The molecule has 1 aliphatic carbocycles. The third kappa shape index (κ3) is 4.44. The van der Waals surface area contributed by atoms with Gasteiger partial charge in [0.05, 0.1) is 6.54 Å². The van der Waals surface area contributed by atoms with Crippen LogP contribution >= 0.6 is 0 Å². The number of guanidine groups is 1. The molecule has 0 aromatic carbocycles. The quantitative estimate of drug-likeness (QED) is 0.655. The van der Waals surface area contributed by atoms with Crippen molar-refractivity contribution in [1.29, 1.82) is 0 Å². The third-order valence-electron chi connectivity index (χ3n) is 4.50. The minimum atomic E-state index is 0.533. The lowest BCUT2D eigenvalue weighted by molar-refractivity contribution is 0.250. The number of aliphatic imine (C=N–C) groups is 1. The van der Waals surface area contributed by atoms with E-state index in [0.717, 1.165) is 23.6 Å². The zero-order chi connectivity index (χ0) is 15.2. The van der Waals surface area contributed by atoms with E-state index >= 15 is 0 Å². The first kappa shape index (κ1) is 15.8. The highest BCUT2D eigenvalue weighted by molar-refractivity contribution is 5.79. The van der Waals surface area contributed by atoms with Gasteiger partial charge in [-0.05, 0) is 37.5 Å². The van der Waals surface area contributed by atoms with E-state index < -0.39 is 0 Å². The molecule has 0 unspecified atom stereocenters. The summed E-state index contributed by atoms with van der Waals surface area (Å²) in [6, 6.07) is 0.533. The number of hydrogen-bond acceptors (Lipinski definition) is 3. The van der Waals surface area contributed by atoms with Gasteiger partial charge < -0.3 is 15.2 Å². The van der Waals surface area contributed by atoms with Crippen LogP contribution < -0.4 is 10.6 Å². The molecule has 6 nitrogen and oxygen atoms in total. The fourth-order valence-corrected chi connectivity index (χ4v) is 2.95. The van der Waals surface area contributed by atoms with E-state index in [-0.39, 0.29) is 0 Å². The Kier molecular flexibility index (Phi) is 5.59. The van der Waals surface area contributed by atoms with Gasteiger partial charge in [0.15, 0.2) is 11.8 Å². The maximum Gasteiger partial charge on any atom is 0.191 e. The SMILES string of the molecule is CN=C(NCc1nncn1C)NC1CCC(C(C)C)CC1. The van der Waals surface area contributed by atoms with Gasteiger partial charge in [0.1, 0.15) is 6.33 Å². The standard InChI is InChI=1S/C15H28N6/c1-11(2)12-5-7-13(8-6-12)19-15(16-3)17-9-14-20-18-10-21(14)4/h10-13H,5-9H2,1-4H3,(H2,16,17,19). The topological polar surface area (TPSA) is 67.1 Å². The van der Waals surface area contributed by atoms with E-state index in [9.17, 15) is 0 Å². The van der Waals surface area contributed by atoms with E-state index in [4.69, 9.17) is 0 Å². The van der Waals surface area contributed by atoms with Crippen LogP contribution in [0.5, 0.6) is 0 Å². The summed E-state index contributed by atoms with van der Waals surface area (Å²) in [5, 5.41) is 14.8. The van der Waals surface area contributed by atoms with Crippen molar-refractivity contribution >= 4 is 5.96 Å². The fourth-order valence-electron chi connectivity index (χ4n) is 2.95. The molecule has 0 atom stereocenters. The lowest BCUT2D eigenvalue weighted by Gasteiger charge is -2.32. The van der Waals surface area contributed by atoms with Crippen LogP contribution in [-0.4, -0.2) is 33.8 Å². The van der Waals surface area contributed by atoms with E-state index in [2.05, 4.69) is 39.7 Å². The van der Waals surface area contributed by atoms with Crippen molar-refractivity contribution in [3.05, 3.63) is 12.2 Å². The molecule has 6 heteroatoms. The number of nitrogens with zero attached hydrogens (tertiary/aromatic N) is 4. The van der Waals surface area contributed by atoms with Gasteiger partial charge in [-0.3, -0.25) is 4.99 Å². The summed E-state index contributed by atoms with van der Waals surface area (Å²) in [4.78, 5) is 4.30. The molecule has 1 saturated carbocycles. The van der Waals surface area contributed by atoms with Crippen LogP contribution in [0.15, 0.2) is 11.3 Å². The summed E-state index contributed by atoms with van der Waals surface area (Å²) in [6.45, 7) is 5.30. The highest BCUT2D eigenvalue weighted by atomic mass is 15.3. The van der Waals surface area contributed by atoms with Crippen LogP contribution in [0.2, 0.25) is 0 Å². The minimum absolute atomic E-state index is 0.533. The average Bonchev–Trinajstić information content (AvgIpc) is 2.89. The predicted octanol–water partition coefficient (Wildman–Crippen LogP) is 1.69. The first-order valence-electron chi connectivity index (χ1n) is 7.90. The Morgan fingerprint density at radius 3 is 2.62 bits per heavy atom. The first-order valence-corrected chi connectivity index (χ1v) is 7.90. The van der Waals surface area contributed by atoms with Crippen molar-refractivity contribution < 1.29 is 0 Å². The summed E-state index contributed by atoms with van der Waals surface area (Å²) in [7, 11) is 3.76. The van der Waals surface area contributed by atoms with E-state index in [1.54, 1.807) is 6.33 Å². The monoisotopic (exact) mass is 292 g/mol. The summed E-state index contributed by atoms with van der Waals surface area (Å²) in [5.74, 6) is 3.45. The van der Waals surface area contributed by atoms with Gasteiger partial charge in [-0.2, -0.15) is 0 Å². The molecule has 118 valence electrons.